The van der Waals surface area contributed by atoms with Gasteiger partial charge in [0.25, 0.3) is 5.91 Å². The van der Waals surface area contributed by atoms with Crippen LogP contribution in [0.2, 0.25) is 5.02 Å². The maximum atomic E-state index is 13.5. The van der Waals surface area contributed by atoms with E-state index in [4.69, 9.17) is 16.3 Å². The van der Waals surface area contributed by atoms with Gasteiger partial charge in [-0.3, -0.25) is 14.9 Å². The molecule has 0 aliphatic carbocycles. The Morgan fingerprint density at radius 1 is 1.02 bits per heavy atom. The van der Waals surface area contributed by atoms with E-state index in [2.05, 4.69) is 10.1 Å². The van der Waals surface area contributed by atoms with Crippen molar-refractivity contribution in [2.75, 3.05) is 0 Å². The van der Waals surface area contributed by atoms with Crippen LogP contribution in [0.3, 0.4) is 0 Å². The summed E-state index contributed by atoms with van der Waals surface area (Å²) >= 11 is 5.97. The Kier molecular flexibility index (Phi) is 6.83. The van der Waals surface area contributed by atoms with Crippen LogP contribution < -0.4 is 10.1 Å². The van der Waals surface area contributed by atoms with Crippen molar-refractivity contribution in [3.63, 3.8) is 0 Å². The van der Waals surface area contributed by atoms with Crippen LogP contribution in [0.5, 0.6) is 5.75 Å². The van der Waals surface area contributed by atoms with Crippen molar-refractivity contribution in [2.45, 2.75) is 38.8 Å². The van der Waals surface area contributed by atoms with Gasteiger partial charge in [-0.25, -0.2) is 4.79 Å². The van der Waals surface area contributed by atoms with Crippen LogP contribution in [0.15, 0.2) is 66.7 Å². The first-order valence-corrected chi connectivity index (χ1v) is 12.5. The molecule has 1 saturated heterocycles. The number of hydrogen-bond donors (Lipinski definition) is 1. The molecule has 0 radical (unpaired) electrons. The largest absolute Gasteiger partial charge is 0.573 e. The number of imide groups is 1. The molecule has 7 nitrogen and oxygen atoms in total. The van der Waals surface area contributed by atoms with E-state index in [0.29, 0.717) is 32.7 Å². The normalized spacial score (nSPS) is 17.1. The molecule has 0 bridgehead atoms. The number of rotatable bonds is 7. The first-order chi connectivity index (χ1) is 18.8. The minimum Gasteiger partial charge on any atom is -0.432 e. The zero-order valence-corrected chi connectivity index (χ0v) is 22.0. The van der Waals surface area contributed by atoms with Crippen molar-refractivity contribution < 1.29 is 37.0 Å². The number of alkyl carbamates (subject to hydrolysis) is 1. The third kappa shape index (κ3) is 5.40. The molecule has 1 aliphatic rings. The number of nitrogens with one attached hydrogen (secondary N) is 1. The molecule has 0 spiro atoms. The van der Waals surface area contributed by atoms with E-state index in [0.717, 1.165) is 11.1 Å². The number of amides is 2. The summed E-state index contributed by atoms with van der Waals surface area (Å²) in [5.41, 5.74) is 1.90. The van der Waals surface area contributed by atoms with E-state index in [1.165, 1.54) is 25.1 Å². The van der Waals surface area contributed by atoms with Gasteiger partial charge in [0, 0.05) is 40.7 Å². The summed E-state index contributed by atoms with van der Waals surface area (Å²) in [6.45, 7) is 3.49. The predicted octanol–water partition coefficient (Wildman–Crippen LogP) is 6.35. The Labute approximate surface area is 231 Å². The lowest BCUT2D eigenvalue weighted by atomic mass is 9.95. The summed E-state index contributed by atoms with van der Waals surface area (Å²) in [5, 5.41) is 3.07. The molecule has 11 heteroatoms. The topological polar surface area (TPSA) is 86.6 Å². The van der Waals surface area contributed by atoms with Gasteiger partial charge in [-0.1, -0.05) is 35.9 Å². The molecular formula is C29H22ClF3N2O5. The van der Waals surface area contributed by atoms with Gasteiger partial charge in [0.1, 0.15) is 5.75 Å². The van der Waals surface area contributed by atoms with Gasteiger partial charge in [0.05, 0.1) is 11.1 Å². The molecule has 40 heavy (non-hydrogen) atoms. The molecule has 1 N–H and O–H groups in total. The molecule has 0 unspecified atom stereocenters. The zero-order chi connectivity index (χ0) is 28.8. The van der Waals surface area contributed by atoms with E-state index < -0.39 is 29.7 Å². The van der Waals surface area contributed by atoms with Crippen LogP contribution in [0.25, 0.3) is 10.9 Å². The monoisotopic (exact) mass is 570 g/mol. The molecule has 0 saturated carbocycles. The molecule has 3 aromatic carbocycles. The number of cyclic esters (lactones) is 1. The van der Waals surface area contributed by atoms with E-state index in [9.17, 15) is 27.6 Å². The summed E-state index contributed by atoms with van der Waals surface area (Å²) in [6, 6.07) is 17.4. The third-order valence-corrected chi connectivity index (χ3v) is 7.03. The van der Waals surface area contributed by atoms with E-state index in [1.54, 1.807) is 60.0 Å². The Balaban J connectivity index is 1.51. The van der Waals surface area contributed by atoms with Crippen molar-refractivity contribution in [2.24, 2.45) is 0 Å². The highest BCUT2D eigenvalue weighted by Crippen LogP contribution is 2.34. The Bertz CT molecular complexity index is 1650. The zero-order valence-electron chi connectivity index (χ0n) is 21.3. The number of carbonyl (C=O) groups is 3. The van der Waals surface area contributed by atoms with E-state index in [-0.39, 0.29) is 18.7 Å². The number of ketones is 1. The van der Waals surface area contributed by atoms with Gasteiger partial charge in [0.2, 0.25) is 0 Å². The lowest BCUT2D eigenvalue weighted by Gasteiger charge is -2.19. The van der Waals surface area contributed by atoms with Crippen LogP contribution in [0.4, 0.5) is 18.0 Å². The number of halogens is 4. The average molecular weight is 571 g/mol. The van der Waals surface area contributed by atoms with Gasteiger partial charge in [-0.2, -0.15) is 0 Å². The van der Waals surface area contributed by atoms with Crippen LogP contribution in [-0.4, -0.2) is 34.3 Å². The maximum Gasteiger partial charge on any atom is 0.573 e. The molecule has 1 atom stereocenters. The minimum atomic E-state index is -4.88. The molecule has 206 valence electrons. The van der Waals surface area contributed by atoms with Crippen molar-refractivity contribution in [3.8, 4) is 5.75 Å². The Hall–Kier alpha value is -4.31. The van der Waals surface area contributed by atoms with E-state index in [1.807, 2.05) is 0 Å². The summed E-state index contributed by atoms with van der Waals surface area (Å²) in [4.78, 5) is 37.1. The summed E-state index contributed by atoms with van der Waals surface area (Å²) in [7, 11) is 0. The van der Waals surface area contributed by atoms with Gasteiger partial charge < -0.3 is 14.0 Å². The summed E-state index contributed by atoms with van der Waals surface area (Å²) in [5.74, 6) is -1.22. The predicted molar refractivity (Wildman–Crippen MR) is 141 cm³/mol. The van der Waals surface area contributed by atoms with Crippen molar-refractivity contribution >= 4 is 40.3 Å². The fourth-order valence-corrected chi connectivity index (χ4v) is 4.97. The molecule has 1 aromatic heterocycles. The Morgan fingerprint density at radius 3 is 2.27 bits per heavy atom. The van der Waals surface area contributed by atoms with Gasteiger partial charge >= 0.3 is 12.5 Å². The van der Waals surface area contributed by atoms with Crippen molar-refractivity contribution in [1.82, 2.24) is 9.88 Å². The number of nitrogens with zero attached hydrogens (tertiary/aromatic N) is 1. The SMILES string of the molecule is Cc1c(C(=O)c2ccc(Cl)cc2)c2ccc(OC(F)(F)F)cc2n1Cc1ccc(C[C@@]2(C)OC(=O)NC2=O)cc1. The van der Waals surface area contributed by atoms with Crippen LogP contribution >= 0.6 is 11.6 Å². The quantitative estimate of drug-likeness (QED) is 0.262. The third-order valence-electron chi connectivity index (χ3n) is 6.78. The number of hydrogen-bond acceptors (Lipinski definition) is 5. The standard InChI is InChI=1S/C29H22ClF3N2O5/c1-16-24(25(36)19-7-9-20(30)10-8-19)22-12-11-21(39-29(31,32)33)13-23(22)35(16)15-18-5-3-17(4-6-18)14-28(2)26(37)34-27(38)40-28/h3-13H,14-15H2,1-2H3,(H,34,37,38)/t28-/m1/s1. The summed E-state index contributed by atoms with van der Waals surface area (Å²) in [6.07, 6.45) is -5.51. The molecule has 1 fully saturated rings. The second-order valence-corrected chi connectivity index (χ2v) is 10.1. The highest BCUT2D eigenvalue weighted by atomic mass is 35.5. The van der Waals surface area contributed by atoms with Gasteiger partial charge in [0.15, 0.2) is 11.4 Å². The highest BCUT2D eigenvalue weighted by Gasteiger charge is 2.44. The smallest absolute Gasteiger partial charge is 0.432 e. The molecule has 2 amide bonds. The second kappa shape index (κ2) is 10.0. The highest BCUT2D eigenvalue weighted by molar-refractivity contribution is 6.30. The molecule has 4 aromatic rings. The first kappa shape index (κ1) is 27.3. The van der Waals surface area contributed by atoms with Gasteiger partial charge in [-0.15, -0.1) is 13.2 Å². The fraction of sp³-hybridized carbons (Fsp3) is 0.207. The molecular weight excluding hydrogens is 549 g/mol. The first-order valence-electron chi connectivity index (χ1n) is 12.1. The maximum absolute atomic E-state index is 13.5. The van der Waals surface area contributed by atoms with E-state index >= 15 is 0 Å². The lowest BCUT2D eigenvalue weighted by molar-refractivity contribution is -0.274. The van der Waals surface area contributed by atoms with Gasteiger partial charge in [-0.05, 0) is 61.4 Å². The van der Waals surface area contributed by atoms with Crippen molar-refractivity contribution in [1.29, 1.82) is 0 Å². The minimum absolute atomic E-state index is 0.161. The number of benzene rings is 3. The summed E-state index contributed by atoms with van der Waals surface area (Å²) < 4.78 is 49.9. The molecule has 1 aliphatic heterocycles. The number of aromatic nitrogens is 1. The number of carbonyl (C=O) groups excluding carboxylic acids is 3. The molecule has 5 rings (SSSR count). The number of fused-ring (bicyclic) bond motifs is 1. The van der Waals surface area contributed by atoms with Crippen LogP contribution in [0, 0.1) is 6.92 Å². The number of alkyl halides is 3. The number of ether oxygens (including phenoxy) is 2. The lowest BCUT2D eigenvalue weighted by Crippen LogP contribution is -2.38. The molecule has 2 heterocycles. The average Bonchev–Trinajstić information content (AvgIpc) is 3.29. The van der Waals surface area contributed by atoms with Crippen LogP contribution in [0.1, 0.15) is 39.7 Å². The van der Waals surface area contributed by atoms with Crippen molar-refractivity contribution in [3.05, 3.63) is 99.7 Å². The fourth-order valence-electron chi connectivity index (χ4n) is 4.84. The second-order valence-electron chi connectivity index (χ2n) is 9.68. The Morgan fingerprint density at radius 2 is 1.68 bits per heavy atom. The van der Waals surface area contributed by atoms with Crippen LogP contribution in [-0.2, 0) is 22.5 Å².